The highest BCUT2D eigenvalue weighted by molar-refractivity contribution is 5.68. The maximum absolute atomic E-state index is 13.2. The van der Waals surface area contributed by atoms with Crippen molar-refractivity contribution < 1.29 is 18.4 Å². The summed E-state index contributed by atoms with van der Waals surface area (Å²) >= 11 is 0. The molecule has 0 radical (unpaired) electrons. The Morgan fingerprint density at radius 1 is 1.41 bits per heavy atom. The first kappa shape index (κ1) is 15.9. The van der Waals surface area contributed by atoms with E-state index in [1.54, 1.807) is 39.8 Å². The molecule has 1 N–H and O–H groups in total. The average Bonchev–Trinajstić information content (AvgIpc) is 2.85. The van der Waals surface area contributed by atoms with Crippen molar-refractivity contribution in [2.45, 2.75) is 39.3 Å². The fourth-order valence-electron chi connectivity index (χ4n) is 1.70. The van der Waals surface area contributed by atoms with Gasteiger partial charge in [-0.25, -0.2) is 9.18 Å². The van der Waals surface area contributed by atoms with Gasteiger partial charge in [0.25, 0.3) is 0 Å². The number of carbonyl (C=O) groups is 1. The molecule has 6 nitrogen and oxygen atoms in total. The Morgan fingerprint density at radius 2 is 2.14 bits per heavy atom. The third-order valence-electron chi connectivity index (χ3n) is 2.63. The van der Waals surface area contributed by atoms with Gasteiger partial charge in [-0.3, -0.25) is 0 Å². The maximum Gasteiger partial charge on any atom is 0.408 e. The van der Waals surface area contributed by atoms with Gasteiger partial charge in [0.15, 0.2) is 0 Å². The molecule has 2 aromatic rings. The Balaban J connectivity index is 2.06. The van der Waals surface area contributed by atoms with Crippen LogP contribution in [0.15, 0.2) is 28.8 Å². The van der Waals surface area contributed by atoms with Gasteiger partial charge in [0.05, 0.1) is 0 Å². The summed E-state index contributed by atoms with van der Waals surface area (Å²) in [6, 6.07) is 5.34. The first-order chi connectivity index (χ1) is 10.2. The Bertz CT molecular complexity index is 664. The van der Waals surface area contributed by atoms with Crippen LogP contribution in [0.25, 0.3) is 11.4 Å². The molecule has 0 unspecified atom stereocenters. The third-order valence-corrected chi connectivity index (χ3v) is 2.63. The largest absolute Gasteiger partial charge is 0.444 e. The molecule has 1 amide bonds. The van der Waals surface area contributed by atoms with Crippen molar-refractivity contribution in [2.24, 2.45) is 0 Å². The van der Waals surface area contributed by atoms with Gasteiger partial charge >= 0.3 is 6.09 Å². The first-order valence-corrected chi connectivity index (χ1v) is 6.83. The zero-order chi connectivity index (χ0) is 16.3. The minimum atomic E-state index is -0.592. The molecular formula is C15H18FN3O3. The maximum atomic E-state index is 13.2. The number of hydrogen-bond donors (Lipinski definition) is 1. The molecule has 0 fully saturated rings. The van der Waals surface area contributed by atoms with Gasteiger partial charge in [-0.2, -0.15) is 4.98 Å². The topological polar surface area (TPSA) is 77.2 Å². The molecule has 1 aromatic carbocycles. The molecule has 22 heavy (non-hydrogen) atoms. The normalized spacial score (nSPS) is 12.8. The summed E-state index contributed by atoms with van der Waals surface area (Å²) in [5.41, 5.74) is -0.0924. The van der Waals surface area contributed by atoms with E-state index in [4.69, 9.17) is 9.26 Å². The first-order valence-electron chi connectivity index (χ1n) is 6.83. The van der Waals surface area contributed by atoms with Gasteiger partial charge < -0.3 is 14.6 Å². The molecule has 0 saturated carbocycles. The molecule has 2 rings (SSSR count). The molecule has 118 valence electrons. The molecule has 0 spiro atoms. The van der Waals surface area contributed by atoms with Crippen LogP contribution in [-0.4, -0.2) is 21.8 Å². The molecule has 0 bridgehead atoms. The SMILES string of the molecule is C[C@@H](NC(=O)OC(C)(C)C)c1nc(-c2cccc(F)c2)no1. The number of nitrogens with zero attached hydrogens (tertiary/aromatic N) is 2. The van der Waals surface area contributed by atoms with Crippen molar-refractivity contribution in [3.05, 3.63) is 36.0 Å². The highest BCUT2D eigenvalue weighted by Crippen LogP contribution is 2.19. The molecule has 0 aliphatic heterocycles. The van der Waals surface area contributed by atoms with Crippen molar-refractivity contribution in [3.8, 4) is 11.4 Å². The number of halogens is 1. The number of hydrogen-bond acceptors (Lipinski definition) is 5. The third kappa shape index (κ3) is 4.28. The molecule has 7 heteroatoms. The second-order valence-electron chi connectivity index (χ2n) is 5.83. The number of benzene rings is 1. The van der Waals surface area contributed by atoms with E-state index in [2.05, 4.69) is 15.5 Å². The van der Waals surface area contributed by atoms with E-state index >= 15 is 0 Å². The Labute approximate surface area is 127 Å². The van der Waals surface area contributed by atoms with Gasteiger partial charge in [0, 0.05) is 5.56 Å². The summed E-state index contributed by atoms with van der Waals surface area (Å²) in [6.07, 6.45) is -0.578. The second-order valence-corrected chi connectivity index (χ2v) is 5.83. The van der Waals surface area contributed by atoms with E-state index in [9.17, 15) is 9.18 Å². The lowest BCUT2D eigenvalue weighted by atomic mass is 10.2. The van der Waals surface area contributed by atoms with Gasteiger partial charge in [0.2, 0.25) is 11.7 Å². The summed E-state index contributed by atoms with van der Waals surface area (Å²) in [6.45, 7) is 7.00. The monoisotopic (exact) mass is 307 g/mol. The van der Waals surface area contributed by atoms with Crippen LogP contribution >= 0.6 is 0 Å². The van der Waals surface area contributed by atoms with Crippen molar-refractivity contribution in [3.63, 3.8) is 0 Å². The lowest BCUT2D eigenvalue weighted by Crippen LogP contribution is -2.34. The van der Waals surface area contributed by atoms with Crippen LogP contribution in [0.2, 0.25) is 0 Å². The summed E-state index contributed by atoms with van der Waals surface area (Å²) in [5.74, 6) is 0.0845. The quantitative estimate of drug-likeness (QED) is 0.939. The molecule has 0 saturated heterocycles. The lowest BCUT2D eigenvalue weighted by molar-refractivity contribution is 0.0499. The Morgan fingerprint density at radius 3 is 2.77 bits per heavy atom. The van der Waals surface area contributed by atoms with Crippen LogP contribution < -0.4 is 5.32 Å². The van der Waals surface area contributed by atoms with E-state index in [1.807, 2.05) is 0 Å². The highest BCUT2D eigenvalue weighted by Gasteiger charge is 2.21. The van der Waals surface area contributed by atoms with E-state index in [0.717, 1.165) is 0 Å². The van der Waals surface area contributed by atoms with Crippen molar-refractivity contribution in [1.82, 2.24) is 15.5 Å². The van der Waals surface area contributed by atoms with Crippen LogP contribution in [-0.2, 0) is 4.74 Å². The minimum absolute atomic E-state index is 0.213. The number of alkyl carbamates (subject to hydrolysis) is 1. The minimum Gasteiger partial charge on any atom is -0.444 e. The second kappa shape index (κ2) is 6.13. The number of nitrogens with one attached hydrogen (secondary N) is 1. The predicted octanol–water partition coefficient (Wildman–Crippen LogP) is 3.46. The van der Waals surface area contributed by atoms with Gasteiger partial charge in [-0.05, 0) is 39.8 Å². The smallest absolute Gasteiger partial charge is 0.408 e. The summed E-state index contributed by atoms with van der Waals surface area (Å²) < 4.78 is 23.4. The zero-order valence-corrected chi connectivity index (χ0v) is 12.9. The van der Waals surface area contributed by atoms with Gasteiger partial charge in [0.1, 0.15) is 17.5 Å². The Hall–Kier alpha value is -2.44. The number of ether oxygens (including phenoxy) is 1. The predicted molar refractivity (Wildman–Crippen MR) is 77.5 cm³/mol. The molecule has 0 aliphatic rings. The highest BCUT2D eigenvalue weighted by atomic mass is 19.1. The van der Waals surface area contributed by atoms with Crippen molar-refractivity contribution in [1.29, 1.82) is 0 Å². The number of rotatable bonds is 3. The molecule has 1 aromatic heterocycles. The fourth-order valence-corrected chi connectivity index (χ4v) is 1.70. The van der Waals surface area contributed by atoms with Crippen molar-refractivity contribution >= 4 is 6.09 Å². The van der Waals surface area contributed by atoms with Gasteiger partial charge in [-0.1, -0.05) is 17.3 Å². The van der Waals surface area contributed by atoms with Gasteiger partial charge in [-0.15, -0.1) is 0 Å². The van der Waals surface area contributed by atoms with Crippen LogP contribution in [0.1, 0.15) is 39.6 Å². The molecule has 0 aliphatic carbocycles. The Kier molecular flexibility index (Phi) is 4.44. The van der Waals surface area contributed by atoms with Crippen LogP contribution in [0.5, 0.6) is 0 Å². The molecular weight excluding hydrogens is 289 g/mol. The summed E-state index contributed by atoms with van der Waals surface area (Å²) in [4.78, 5) is 15.8. The van der Waals surface area contributed by atoms with Crippen LogP contribution in [0.4, 0.5) is 9.18 Å². The summed E-state index contributed by atoms with van der Waals surface area (Å²) in [5, 5.41) is 6.38. The molecule has 1 heterocycles. The fraction of sp³-hybridized carbons (Fsp3) is 0.400. The number of aromatic nitrogens is 2. The zero-order valence-electron chi connectivity index (χ0n) is 12.9. The lowest BCUT2D eigenvalue weighted by Gasteiger charge is -2.20. The van der Waals surface area contributed by atoms with E-state index in [-0.39, 0.29) is 17.5 Å². The standard InChI is InChI=1S/C15H18FN3O3/c1-9(17-14(20)21-15(2,3)4)13-18-12(19-22-13)10-6-5-7-11(16)8-10/h5-9H,1-4H3,(H,17,20)/t9-/m1/s1. The van der Waals surface area contributed by atoms with E-state index < -0.39 is 17.7 Å². The van der Waals surface area contributed by atoms with E-state index in [0.29, 0.717) is 5.56 Å². The average molecular weight is 307 g/mol. The van der Waals surface area contributed by atoms with E-state index in [1.165, 1.54) is 12.1 Å². The van der Waals surface area contributed by atoms with Crippen molar-refractivity contribution in [2.75, 3.05) is 0 Å². The van der Waals surface area contributed by atoms with Crippen LogP contribution in [0.3, 0.4) is 0 Å². The van der Waals surface area contributed by atoms with Crippen LogP contribution in [0, 0.1) is 5.82 Å². The molecule has 1 atom stereocenters. The number of amides is 1. The summed E-state index contributed by atoms with van der Waals surface area (Å²) in [7, 11) is 0. The number of carbonyl (C=O) groups excluding carboxylic acids is 1.